The van der Waals surface area contributed by atoms with E-state index in [4.69, 9.17) is 0 Å². The van der Waals surface area contributed by atoms with Crippen LogP contribution in [0.4, 0.5) is 68.2 Å². The van der Waals surface area contributed by atoms with E-state index in [1.807, 2.05) is 0 Å². The smallest absolute Gasteiger partial charge is 0.179 e. The van der Waals surface area contributed by atoms with Gasteiger partial charge >= 0.3 is 0 Å². The van der Waals surface area contributed by atoms with Crippen molar-refractivity contribution in [3.63, 3.8) is 0 Å². The minimum absolute atomic E-state index is 1.09. The molecule has 4 nitrogen and oxygen atoms in total. The molecular weight excluding hydrogens is 1090 g/mol. The number of hydrogen-bond donors (Lipinski definition) is 0. The highest BCUT2D eigenvalue weighted by Crippen LogP contribution is 2.54. The first-order valence-corrected chi connectivity index (χ1v) is 32.6. The third-order valence-electron chi connectivity index (χ3n) is 17.9. The summed E-state index contributed by atoms with van der Waals surface area (Å²) in [5, 5.41) is 5.24. The molecule has 0 unspecified atom stereocenters. The second-order valence-electron chi connectivity index (χ2n) is 22.8. The number of nitrogens with zero attached hydrogens (tertiary/aromatic N) is 4. The van der Waals surface area contributed by atoms with E-state index in [2.05, 4.69) is 384 Å². The summed E-state index contributed by atoms with van der Waals surface area (Å²) in [6.07, 6.45) is 0. The molecule has 0 saturated heterocycles. The Balaban J connectivity index is 0.819. The van der Waals surface area contributed by atoms with Crippen LogP contribution in [0.15, 0.2) is 364 Å². The maximum atomic E-state index is 2.47. The van der Waals surface area contributed by atoms with Crippen LogP contribution < -0.4 is 40.3 Å². The molecule has 14 aromatic rings. The minimum Gasteiger partial charge on any atom is -0.310 e. The van der Waals surface area contributed by atoms with Gasteiger partial charge in [-0.05, 0) is 164 Å². The zero-order valence-corrected chi connectivity index (χ0v) is 49.9. The lowest BCUT2D eigenvalue weighted by Gasteiger charge is -2.35. The SMILES string of the molecule is c1ccc(N(c2ccccc2)c2ccc3c(c2)-c2ccccc2N(c2ccc([Si](c4ccccc4)(c4ccccc4)c4ccc(N5c6ccccc6-c6ccc(N(c7ccccc7)c7ccccc7)cc6-c6ccccc65)cc4)cc2)c2ccccc2-3)cc1. The van der Waals surface area contributed by atoms with Crippen molar-refractivity contribution in [3.8, 4) is 44.5 Å². The van der Waals surface area contributed by atoms with Gasteiger partial charge in [-0.2, -0.15) is 0 Å². The molecule has 16 rings (SSSR count). The van der Waals surface area contributed by atoms with E-state index >= 15 is 0 Å². The van der Waals surface area contributed by atoms with Gasteiger partial charge in [0.05, 0.1) is 22.7 Å². The quantitative estimate of drug-likeness (QED) is 0.0893. The van der Waals surface area contributed by atoms with Crippen molar-refractivity contribution in [2.75, 3.05) is 19.6 Å². The van der Waals surface area contributed by atoms with Crippen molar-refractivity contribution < 1.29 is 0 Å². The number of benzene rings is 14. The summed E-state index contributed by atoms with van der Waals surface area (Å²) in [5.41, 5.74) is 22.8. The van der Waals surface area contributed by atoms with Gasteiger partial charge < -0.3 is 19.6 Å². The molecule has 0 atom stereocenters. The molecule has 0 spiro atoms. The largest absolute Gasteiger partial charge is 0.310 e. The maximum absolute atomic E-state index is 3.05. The predicted molar refractivity (Wildman–Crippen MR) is 378 cm³/mol. The van der Waals surface area contributed by atoms with Crippen molar-refractivity contribution >= 4 is 97.1 Å². The average Bonchev–Trinajstić information content (AvgIpc) is 1.78. The van der Waals surface area contributed by atoms with Gasteiger partial charge in [0, 0.05) is 67.8 Å². The van der Waals surface area contributed by atoms with Crippen LogP contribution in [0, 0.1) is 0 Å². The summed E-state index contributed by atoms with van der Waals surface area (Å²) in [6, 6.07) is 134. The topological polar surface area (TPSA) is 13.0 Å². The third-order valence-corrected chi connectivity index (χ3v) is 22.6. The van der Waals surface area contributed by atoms with Crippen molar-refractivity contribution in [1.82, 2.24) is 0 Å². The van der Waals surface area contributed by atoms with Crippen molar-refractivity contribution in [3.05, 3.63) is 364 Å². The van der Waals surface area contributed by atoms with Crippen LogP contribution in [-0.4, -0.2) is 8.07 Å². The van der Waals surface area contributed by atoms with Crippen LogP contribution >= 0.6 is 0 Å². The number of hydrogen-bond acceptors (Lipinski definition) is 4. The molecule has 0 N–H and O–H groups in total. The van der Waals surface area contributed by atoms with Crippen molar-refractivity contribution in [2.24, 2.45) is 0 Å². The van der Waals surface area contributed by atoms with Gasteiger partial charge in [0.1, 0.15) is 0 Å². The Morgan fingerprint density at radius 1 is 0.180 bits per heavy atom. The normalized spacial score (nSPS) is 12.0. The Morgan fingerprint density at radius 3 is 0.730 bits per heavy atom. The van der Waals surface area contributed by atoms with E-state index < -0.39 is 8.07 Å². The van der Waals surface area contributed by atoms with Crippen LogP contribution in [-0.2, 0) is 0 Å². The molecule has 0 aromatic heterocycles. The molecule has 420 valence electrons. The van der Waals surface area contributed by atoms with Gasteiger partial charge in [0.2, 0.25) is 0 Å². The summed E-state index contributed by atoms with van der Waals surface area (Å²) in [7, 11) is -3.05. The summed E-state index contributed by atoms with van der Waals surface area (Å²) >= 11 is 0. The average molecular weight is 1150 g/mol. The molecule has 2 aliphatic rings. The highest BCUT2D eigenvalue weighted by Gasteiger charge is 2.42. The van der Waals surface area contributed by atoms with Gasteiger partial charge in [0.15, 0.2) is 8.07 Å². The van der Waals surface area contributed by atoms with Crippen LogP contribution in [0.5, 0.6) is 0 Å². The summed E-state index contributed by atoms with van der Waals surface area (Å²) in [6.45, 7) is 0. The molecule has 89 heavy (non-hydrogen) atoms. The highest BCUT2D eigenvalue weighted by molar-refractivity contribution is 7.19. The summed E-state index contributed by atoms with van der Waals surface area (Å²) < 4.78 is 0. The molecule has 2 heterocycles. The van der Waals surface area contributed by atoms with Crippen LogP contribution in [0.25, 0.3) is 44.5 Å². The Labute approximate surface area is 522 Å². The Bertz CT molecular complexity index is 4440. The lowest BCUT2D eigenvalue weighted by atomic mass is 9.93. The first-order valence-electron chi connectivity index (χ1n) is 30.6. The summed E-state index contributed by atoms with van der Waals surface area (Å²) in [5.74, 6) is 0. The lowest BCUT2D eigenvalue weighted by molar-refractivity contribution is 1.28. The molecular formula is C84H60N4Si. The third kappa shape index (κ3) is 9.23. The van der Waals surface area contributed by atoms with Gasteiger partial charge in [-0.15, -0.1) is 0 Å². The molecule has 0 fully saturated rings. The molecule has 5 heteroatoms. The highest BCUT2D eigenvalue weighted by atomic mass is 28.3. The van der Waals surface area contributed by atoms with Gasteiger partial charge in [-0.25, -0.2) is 0 Å². The van der Waals surface area contributed by atoms with Crippen LogP contribution in [0.1, 0.15) is 0 Å². The molecule has 2 aliphatic heterocycles. The molecule has 0 aliphatic carbocycles. The maximum Gasteiger partial charge on any atom is 0.179 e. The van der Waals surface area contributed by atoms with Crippen LogP contribution in [0.2, 0.25) is 0 Å². The monoisotopic (exact) mass is 1150 g/mol. The van der Waals surface area contributed by atoms with Crippen LogP contribution in [0.3, 0.4) is 0 Å². The Kier molecular flexibility index (Phi) is 13.5. The minimum atomic E-state index is -3.05. The van der Waals surface area contributed by atoms with E-state index in [9.17, 15) is 0 Å². The van der Waals surface area contributed by atoms with Gasteiger partial charge in [-0.3, -0.25) is 0 Å². The first kappa shape index (κ1) is 53.0. The van der Waals surface area contributed by atoms with Gasteiger partial charge in [0.25, 0.3) is 0 Å². The fourth-order valence-corrected chi connectivity index (χ4v) is 18.7. The number of para-hydroxylation sites is 8. The second kappa shape index (κ2) is 22.7. The molecule has 0 radical (unpaired) electrons. The fraction of sp³-hybridized carbons (Fsp3) is 0. The molecule has 0 bridgehead atoms. The van der Waals surface area contributed by atoms with Crippen molar-refractivity contribution in [1.29, 1.82) is 0 Å². The summed E-state index contributed by atoms with van der Waals surface area (Å²) in [4.78, 5) is 9.66. The first-order chi connectivity index (χ1) is 44.2. The Morgan fingerprint density at radius 2 is 0.427 bits per heavy atom. The standard InChI is InChI=1S/C84H60N4Si/c1-7-27-61(28-8-1)85(62-29-9-2-10-30-62)67-51-57-73-75-39-19-23-43-81(75)87(83-45-25-21-41-77(83)79(73)59-67)65-47-53-71(54-48-65)89(69-35-15-5-16-36-69,70-37-17-6-18-38-70)72-55-49-66(50-56-72)88-82-44-24-20-40-76(82)74-58-52-68(60-80(74)78-42-22-26-46-84(78)88)86(63-31-11-3-12-32-63)64-33-13-4-14-34-64/h1-60H. The molecule has 0 saturated carbocycles. The zero-order valence-electron chi connectivity index (χ0n) is 48.9. The molecule has 0 amide bonds. The fourth-order valence-electron chi connectivity index (χ4n) is 14.0. The number of anilines is 12. The lowest BCUT2D eigenvalue weighted by Crippen LogP contribution is -2.74. The van der Waals surface area contributed by atoms with E-state index in [0.717, 1.165) is 68.2 Å². The number of rotatable bonds is 12. The van der Waals surface area contributed by atoms with E-state index in [1.54, 1.807) is 0 Å². The Hall–Kier alpha value is -11.5. The second-order valence-corrected chi connectivity index (χ2v) is 26.6. The van der Waals surface area contributed by atoms with Gasteiger partial charge in [-0.1, -0.05) is 243 Å². The van der Waals surface area contributed by atoms with Crippen molar-refractivity contribution in [2.45, 2.75) is 0 Å². The van der Waals surface area contributed by atoms with E-state index in [0.29, 0.717) is 0 Å². The van der Waals surface area contributed by atoms with E-state index in [1.165, 1.54) is 65.3 Å². The molecule has 14 aromatic carbocycles. The number of fused-ring (bicyclic) bond motifs is 10. The predicted octanol–water partition coefficient (Wildman–Crippen LogP) is 20.2. The van der Waals surface area contributed by atoms with E-state index in [-0.39, 0.29) is 0 Å². The zero-order chi connectivity index (χ0) is 59.1.